The minimum absolute atomic E-state index is 0.0898. The summed E-state index contributed by atoms with van der Waals surface area (Å²) in [6.45, 7) is 4.17. The van der Waals surface area contributed by atoms with Crippen molar-refractivity contribution in [3.8, 4) is 0 Å². The number of nitrogens with one attached hydrogen (secondary N) is 1. The molecule has 0 radical (unpaired) electrons. The second-order valence-corrected chi connectivity index (χ2v) is 6.89. The number of carbonyl (C=O) groups excluding carboxylic acids is 2. The van der Waals surface area contributed by atoms with Crippen LogP contribution in [0.4, 0.5) is 0 Å². The number of rotatable bonds is 4. The SMILES string of the molecule is CCCOC(=O)C1=C(C)NC2=C(C(=O)CCC2)[C@@H]1c1cccc(Cl)c1. The highest BCUT2D eigenvalue weighted by Crippen LogP contribution is 2.42. The highest BCUT2D eigenvalue weighted by Gasteiger charge is 2.39. The number of hydrogen-bond donors (Lipinski definition) is 1. The molecule has 0 aromatic heterocycles. The Morgan fingerprint density at radius 1 is 1.36 bits per heavy atom. The minimum atomic E-state index is -0.424. The molecule has 25 heavy (non-hydrogen) atoms. The van der Waals surface area contributed by atoms with Gasteiger partial charge in [0.25, 0.3) is 0 Å². The number of esters is 1. The number of halogens is 1. The number of Topliss-reactive ketones (excluding diaryl/α,β-unsaturated/α-hetero) is 1. The van der Waals surface area contributed by atoms with Crippen LogP contribution >= 0.6 is 11.6 Å². The normalized spacial score (nSPS) is 20.3. The average Bonchev–Trinajstić information content (AvgIpc) is 2.58. The Kier molecular flexibility index (Phi) is 5.28. The lowest BCUT2D eigenvalue weighted by Crippen LogP contribution is -2.34. The summed E-state index contributed by atoms with van der Waals surface area (Å²) in [4.78, 5) is 25.4. The Labute approximate surface area is 152 Å². The molecule has 1 N–H and O–H groups in total. The summed E-state index contributed by atoms with van der Waals surface area (Å²) in [6.07, 6.45) is 2.90. The molecule has 3 rings (SSSR count). The molecule has 1 aromatic carbocycles. The smallest absolute Gasteiger partial charge is 0.336 e. The molecule has 2 aliphatic rings. The van der Waals surface area contributed by atoms with Crippen LogP contribution in [0.1, 0.15) is 51.0 Å². The summed E-state index contributed by atoms with van der Waals surface area (Å²) in [5, 5.41) is 3.86. The third kappa shape index (κ3) is 3.49. The molecule has 0 bridgehead atoms. The molecule has 0 saturated heterocycles. The second kappa shape index (κ2) is 7.44. The van der Waals surface area contributed by atoms with Gasteiger partial charge >= 0.3 is 5.97 Å². The molecule has 5 heteroatoms. The van der Waals surface area contributed by atoms with Gasteiger partial charge in [-0.2, -0.15) is 0 Å². The lowest BCUT2D eigenvalue weighted by Gasteiger charge is -2.34. The maximum absolute atomic E-state index is 12.7. The molecule has 1 heterocycles. The van der Waals surface area contributed by atoms with Crippen molar-refractivity contribution in [1.82, 2.24) is 5.32 Å². The number of benzene rings is 1. The molecule has 1 aliphatic carbocycles. The van der Waals surface area contributed by atoms with E-state index in [-0.39, 0.29) is 11.8 Å². The van der Waals surface area contributed by atoms with Gasteiger partial charge in [0.15, 0.2) is 5.78 Å². The Morgan fingerprint density at radius 2 is 2.16 bits per heavy atom. The summed E-state index contributed by atoms with van der Waals surface area (Å²) in [5.74, 6) is -0.708. The summed E-state index contributed by atoms with van der Waals surface area (Å²) < 4.78 is 5.39. The van der Waals surface area contributed by atoms with Crippen LogP contribution in [0.5, 0.6) is 0 Å². The van der Waals surface area contributed by atoms with E-state index in [9.17, 15) is 9.59 Å². The number of ether oxygens (including phenoxy) is 1. The topological polar surface area (TPSA) is 55.4 Å². The van der Waals surface area contributed by atoms with Crippen LogP contribution in [0.15, 0.2) is 46.8 Å². The third-order valence-electron chi connectivity index (χ3n) is 4.62. The number of allylic oxidation sites excluding steroid dienone is 3. The summed E-state index contributed by atoms with van der Waals surface area (Å²) in [7, 11) is 0. The third-order valence-corrected chi connectivity index (χ3v) is 4.85. The first-order chi connectivity index (χ1) is 12.0. The van der Waals surface area contributed by atoms with Crippen molar-refractivity contribution < 1.29 is 14.3 Å². The number of hydrogen-bond acceptors (Lipinski definition) is 4. The zero-order valence-corrected chi connectivity index (χ0v) is 15.3. The molecule has 0 spiro atoms. The van der Waals surface area contributed by atoms with Crippen LogP contribution in [0, 0.1) is 0 Å². The van der Waals surface area contributed by atoms with Crippen LogP contribution in [0.2, 0.25) is 5.02 Å². The number of carbonyl (C=O) groups is 2. The molecule has 0 saturated carbocycles. The highest BCUT2D eigenvalue weighted by atomic mass is 35.5. The predicted octanol–water partition coefficient (Wildman–Crippen LogP) is 4.26. The van der Waals surface area contributed by atoms with Gasteiger partial charge in [0.05, 0.1) is 12.2 Å². The van der Waals surface area contributed by atoms with Crippen molar-refractivity contribution in [2.24, 2.45) is 0 Å². The number of ketones is 1. The summed E-state index contributed by atoms with van der Waals surface area (Å²) >= 11 is 6.17. The van der Waals surface area contributed by atoms with Crippen LogP contribution in [-0.4, -0.2) is 18.4 Å². The zero-order valence-electron chi connectivity index (χ0n) is 14.5. The maximum atomic E-state index is 12.7. The van der Waals surface area contributed by atoms with Gasteiger partial charge in [0.2, 0.25) is 0 Å². The monoisotopic (exact) mass is 359 g/mol. The molecule has 1 aliphatic heterocycles. The second-order valence-electron chi connectivity index (χ2n) is 6.46. The van der Waals surface area contributed by atoms with Gasteiger partial charge in [-0.05, 0) is 43.9 Å². The number of dihydropyridines is 1. The molecule has 0 unspecified atom stereocenters. The van der Waals surface area contributed by atoms with Gasteiger partial charge in [0.1, 0.15) is 0 Å². The van der Waals surface area contributed by atoms with E-state index in [1.165, 1.54) is 0 Å². The van der Waals surface area contributed by atoms with Crippen LogP contribution in [-0.2, 0) is 14.3 Å². The van der Waals surface area contributed by atoms with Crippen molar-refractivity contribution in [2.75, 3.05) is 6.61 Å². The first kappa shape index (κ1) is 17.7. The average molecular weight is 360 g/mol. The fourth-order valence-corrected chi connectivity index (χ4v) is 3.74. The van der Waals surface area contributed by atoms with E-state index in [2.05, 4.69) is 5.32 Å². The molecule has 132 valence electrons. The van der Waals surface area contributed by atoms with E-state index >= 15 is 0 Å². The highest BCUT2D eigenvalue weighted by molar-refractivity contribution is 6.30. The van der Waals surface area contributed by atoms with Crippen LogP contribution in [0.3, 0.4) is 0 Å². The van der Waals surface area contributed by atoms with E-state index in [1.807, 2.05) is 32.0 Å². The first-order valence-corrected chi connectivity index (χ1v) is 9.07. The Balaban J connectivity index is 2.12. The van der Waals surface area contributed by atoms with Crippen molar-refractivity contribution >= 4 is 23.4 Å². The van der Waals surface area contributed by atoms with E-state index in [0.717, 1.165) is 36.2 Å². The summed E-state index contributed by atoms with van der Waals surface area (Å²) in [5.41, 5.74) is 3.71. The van der Waals surface area contributed by atoms with Crippen molar-refractivity contribution in [1.29, 1.82) is 0 Å². The quantitative estimate of drug-likeness (QED) is 0.816. The lowest BCUT2D eigenvalue weighted by atomic mass is 9.75. The molecule has 0 fully saturated rings. The molecule has 1 aromatic rings. The van der Waals surface area contributed by atoms with E-state index in [0.29, 0.717) is 29.2 Å². The van der Waals surface area contributed by atoms with Gasteiger partial charge in [0, 0.05) is 34.3 Å². The van der Waals surface area contributed by atoms with Gasteiger partial charge < -0.3 is 10.1 Å². The van der Waals surface area contributed by atoms with Gasteiger partial charge in [-0.3, -0.25) is 4.79 Å². The van der Waals surface area contributed by atoms with Gasteiger partial charge in [-0.1, -0.05) is 30.7 Å². The van der Waals surface area contributed by atoms with Gasteiger partial charge in [-0.25, -0.2) is 4.79 Å². The van der Waals surface area contributed by atoms with Crippen molar-refractivity contribution in [3.63, 3.8) is 0 Å². The van der Waals surface area contributed by atoms with Crippen molar-refractivity contribution in [3.05, 3.63) is 57.4 Å². The van der Waals surface area contributed by atoms with Crippen LogP contribution in [0.25, 0.3) is 0 Å². The summed E-state index contributed by atoms with van der Waals surface area (Å²) in [6, 6.07) is 7.37. The van der Waals surface area contributed by atoms with Gasteiger partial charge in [-0.15, -0.1) is 0 Å². The molecular formula is C20H22ClNO3. The minimum Gasteiger partial charge on any atom is -0.462 e. The molecule has 1 atom stereocenters. The fraction of sp³-hybridized carbons (Fsp3) is 0.400. The van der Waals surface area contributed by atoms with E-state index in [4.69, 9.17) is 16.3 Å². The largest absolute Gasteiger partial charge is 0.462 e. The van der Waals surface area contributed by atoms with E-state index in [1.54, 1.807) is 6.07 Å². The maximum Gasteiger partial charge on any atom is 0.336 e. The van der Waals surface area contributed by atoms with Crippen molar-refractivity contribution in [2.45, 2.75) is 45.4 Å². The Bertz CT molecular complexity index is 779. The molecule has 4 nitrogen and oxygen atoms in total. The van der Waals surface area contributed by atoms with Crippen LogP contribution < -0.4 is 5.32 Å². The Hall–Kier alpha value is -2.07. The standard InChI is InChI=1S/C20H22ClNO3/c1-3-10-25-20(24)17-12(2)22-15-8-5-9-16(23)19(15)18(17)13-6-4-7-14(21)11-13/h4,6-7,11,18,22H,3,5,8-10H2,1-2H3/t18-/m1/s1. The predicted molar refractivity (Wildman–Crippen MR) is 97.2 cm³/mol. The Morgan fingerprint density at radius 3 is 2.88 bits per heavy atom. The molecular weight excluding hydrogens is 338 g/mol. The lowest BCUT2D eigenvalue weighted by molar-refractivity contribution is -0.139. The fourth-order valence-electron chi connectivity index (χ4n) is 3.55. The molecule has 0 amide bonds. The first-order valence-electron chi connectivity index (χ1n) is 8.69. The van der Waals surface area contributed by atoms with E-state index < -0.39 is 5.92 Å². The zero-order chi connectivity index (χ0) is 18.0.